The zero-order valence-corrected chi connectivity index (χ0v) is 14.5. The van der Waals surface area contributed by atoms with E-state index >= 15 is 0 Å². The fraction of sp³-hybridized carbons (Fsp3) is 0.500. The van der Waals surface area contributed by atoms with Crippen molar-refractivity contribution < 1.29 is 13.2 Å². The predicted octanol–water partition coefficient (Wildman–Crippen LogP) is 1.67. The minimum absolute atomic E-state index is 0.170. The van der Waals surface area contributed by atoms with E-state index in [1.807, 2.05) is 20.8 Å². The summed E-state index contributed by atoms with van der Waals surface area (Å²) in [6.45, 7) is 6.58. The van der Waals surface area contributed by atoms with Crippen LogP contribution in [0, 0.1) is 5.92 Å². The standard InChI is InChI=1S/C16H23N3O3S/c1-4-9-17-16(20)13(10-11(2)3)18-15-12-7-5-6-8-14(12)23(21,22)19-15/h5-8,11,13H,4,9-10H2,1-3H3,(H,17,20)(H,18,19). The number of amidine groups is 1. The van der Waals surface area contributed by atoms with E-state index in [9.17, 15) is 13.2 Å². The maximum absolute atomic E-state index is 12.3. The molecule has 2 N–H and O–H groups in total. The SMILES string of the molecule is CCCNC(=O)C(CC(C)C)N=C1NS(=O)(=O)c2ccccc21. The van der Waals surface area contributed by atoms with Crippen LogP contribution in [0.1, 0.15) is 39.2 Å². The number of benzene rings is 1. The number of hydrogen-bond donors (Lipinski definition) is 2. The lowest BCUT2D eigenvalue weighted by Crippen LogP contribution is -2.36. The van der Waals surface area contributed by atoms with Gasteiger partial charge in [0, 0.05) is 12.1 Å². The molecule has 0 bridgehead atoms. The van der Waals surface area contributed by atoms with Gasteiger partial charge in [-0.2, -0.15) is 0 Å². The first kappa shape index (κ1) is 17.5. The molecule has 1 amide bonds. The van der Waals surface area contributed by atoms with Crippen LogP contribution in [0.5, 0.6) is 0 Å². The molecule has 0 radical (unpaired) electrons. The van der Waals surface area contributed by atoms with Crippen LogP contribution >= 0.6 is 0 Å². The summed E-state index contributed by atoms with van der Waals surface area (Å²) in [5, 5.41) is 2.83. The molecule has 0 fully saturated rings. The van der Waals surface area contributed by atoms with Gasteiger partial charge in [0.05, 0.1) is 4.90 Å². The van der Waals surface area contributed by atoms with Crippen molar-refractivity contribution in [1.29, 1.82) is 0 Å². The smallest absolute Gasteiger partial charge is 0.263 e. The molecule has 7 heteroatoms. The Morgan fingerprint density at radius 2 is 2.00 bits per heavy atom. The van der Waals surface area contributed by atoms with Gasteiger partial charge < -0.3 is 5.32 Å². The first-order valence-electron chi connectivity index (χ1n) is 7.83. The van der Waals surface area contributed by atoms with Crippen LogP contribution < -0.4 is 10.0 Å². The Hall–Kier alpha value is -1.89. The maximum atomic E-state index is 12.3. The number of carbonyl (C=O) groups is 1. The number of fused-ring (bicyclic) bond motifs is 1. The predicted molar refractivity (Wildman–Crippen MR) is 89.8 cm³/mol. The first-order valence-corrected chi connectivity index (χ1v) is 9.31. The zero-order valence-electron chi connectivity index (χ0n) is 13.7. The van der Waals surface area contributed by atoms with Crippen LogP contribution in [0.3, 0.4) is 0 Å². The van der Waals surface area contributed by atoms with Gasteiger partial charge in [-0.3, -0.25) is 14.5 Å². The van der Waals surface area contributed by atoms with Crippen LogP contribution in [0.2, 0.25) is 0 Å². The van der Waals surface area contributed by atoms with E-state index in [4.69, 9.17) is 0 Å². The highest BCUT2D eigenvalue weighted by Gasteiger charge is 2.31. The number of rotatable bonds is 6. The number of carbonyl (C=O) groups excluding carboxylic acids is 1. The number of nitrogens with one attached hydrogen (secondary N) is 2. The number of sulfonamides is 1. The lowest BCUT2D eigenvalue weighted by atomic mass is 10.0. The normalized spacial score (nSPS) is 18.5. The summed E-state index contributed by atoms with van der Waals surface area (Å²) in [5.74, 6) is 0.347. The highest BCUT2D eigenvalue weighted by atomic mass is 32.2. The van der Waals surface area contributed by atoms with Crippen molar-refractivity contribution in [2.24, 2.45) is 10.9 Å². The van der Waals surface area contributed by atoms with E-state index < -0.39 is 16.1 Å². The Labute approximate surface area is 137 Å². The van der Waals surface area contributed by atoms with Crippen molar-refractivity contribution in [3.8, 4) is 0 Å². The molecule has 1 atom stereocenters. The molecule has 126 valence electrons. The third-order valence-electron chi connectivity index (χ3n) is 3.49. The Bertz CT molecular complexity index is 711. The average molecular weight is 337 g/mol. The third-order valence-corrected chi connectivity index (χ3v) is 4.89. The molecule has 1 unspecified atom stereocenters. The molecular weight excluding hydrogens is 314 g/mol. The molecule has 1 heterocycles. The van der Waals surface area contributed by atoms with Crippen molar-refractivity contribution >= 4 is 21.8 Å². The van der Waals surface area contributed by atoms with E-state index in [-0.39, 0.29) is 22.6 Å². The highest BCUT2D eigenvalue weighted by Crippen LogP contribution is 2.23. The molecule has 0 saturated heterocycles. The van der Waals surface area contributed by atoms with Gasteiger partial charge in [0.1, 0.15) is 11.9 Å². The first-order chi connectivity index (χ1) is 10.8. The quantitative estimate of drug-likeness (QED) is 0.827. The summed E-state index contributed by atoms with van der Waals surface area (Å²) in [5.41, 5.74) is 0.518. The number of hydrogen-bond acceptors (Lipinski definition) is 4. The van der Waals surface area contributed by atoms with E-state index in [0.717, 1.165) is 6.42 Å². The Morgan fingerprint density at radius 3 is 2.65 bits per heavy atom. The number of nitrogens with zero attached hydrogens (tertiary/aromatic N) is 1. The van der Waals surface area contributed by atoms with Crippen molar-refractivity contribution in [1.82, 2.24) is 10.0 Å². The van der Waals surface area contributed by atoms with Gasteiger partial charge in [-0.15, -0.1) is 0 Å². The van der Waals surface area contributed by atoms with Gasteiger partial charge in [0.15, 0.2) is 0 Å². The second-order valence-electron chi connectivity index (χ2n) is 6.02. The molecule has 0 aliphatic carbocycles. The molecule has 1 aliphatic heterocycles. The molecule has 2 rings (SSSR count). The zero-order chi connectivity index (χ0) is 17.0. The third kappa shape index (κ3) is 4.10. The number of amides is 1. The van der Waals surface area contributed by atoms with Crippen molar-refractivity contribution in [3.05, 3.63) is 29.8 Å². The van der Waals surface area contributed by atoms with E-state index in [2.05, 4.69) is 15.0 Å². The van der Waals surface area contributed by atoms with E-state index in [0.29, 0.717) is 18.5 Å². The van der Waals surface area contributed by atoms with Crippen LogP contribution in [-0.2, 0) is 14.8 Å². The summed E-state index contributed by atoms with van der Waals surface area (Å²) in [7, 11) is -3.58. The average Bonchev–Trinajstić information content (AvgIpc) is 2.75. The maximum Gasteiger partial charge on any atom is 0.263 e. The summed E-state index contributed by atoms with van der Waals surface area (Å²) < 4.78 is 26.7. The van der Waals surface area contributed by atoms with Crippen LogP contribution in [-0.4, -0.2) is 32.7 Å². The summed E-state index contributed by atoms with van der Waals surface area (Å²) in [4.78, 5) is 16.9. The van der Waals surface area contributed by atoms with Crippen LogP contribution in [0.4, 0.5) is 0 Å². The van der Waals surface area contributed by atoms with Crippen molar-refractivity contribution in [2.45, 2.75) is 44.6 Å². The minimum Gasteiger partial charge on any atom is -0.354 e. The minimum atomic E-state index is -3.58. The lowest BCUT2D eigenvalue weighted by molar-refractivity contribution is -0.122. The molecule has 0 aromatic heterocycles. The molecule has 1 aromatic carbocycles. The Balaban J connectivity index is 2.34. The van der Waals surface area contributed by atoms with E-state index in [1.54, 1.807) is 18.2 Å². The highest BCUT2D eigenvalue weighted by molar-refractivity contribution is 7.90. The summed E-state index contributed by atoms with van der Waals surface area (Å²) in [6, 6.07) is 6.05. The second kappa shape index (κ2) is 7.12. The fourth-order valence-corrected chi connectivity index (χ4v) is 3.66. The lowest BCUT2D eigenvalue weighted by Gasteiger charge is -2.15. The van der Waals surface area contributed by atoms with E-state index in [1.165, 1.54) is 6.07 Å². The number of aliphatic imine (C=N–C) groups is 1. The summed E-state index contributed by atoms with van der Waals surface area (Å²) >= 11 is 0. The van der Waals surface area contributed by atoms with Crippen LogP contribution in [0.25, 0.3) is 0 Å². The van der Waals surface area contributed by atoms with Gasteiger partial charge >= 0.3 is 0 Å². The van der Waals surface area contributed by atoms with Gasteiger partial charge in [0.2, 0.25) is 5.91 Å². The van der Waals surface area contributed by atoms with Gasteiger partial charge in [0.25, 0.3) is 10.0 Å². The van der Waals surface area contributed by atoms with Crippen molar-refractivity contribution in [2.75, 3.05) is 6.54 Å². The largest absolute Gasteiger partial charge is 0.354 e. The molecular formula is C16H23N3O3S. The fourth-order valence-electron chi connectivity index (χ4n) is 2.42. The van der Waals surface area contributed by atoms with Gasteiger partial charge in [-0.25, -0.2) is 8.42 Å². The van der Waals surface area contributed by atoms with Crippen LogP contribution in [0.15, 0.2) is 34.2 Å². The Morgan fingerprint density at radius 1 is 1.30 bits per heavy atom. The van der Waals surface area contributed by atoms with Gasteiger partial charge in [-0.1, -0.05) is 32.9 Å². The summed E-state index contributed by atoms with van der Waals surface area (Å²) in [6.07, 6.45) is 1.40. The molecule has 6 nitrogen and oxygen atoms in total. The molecule has 23 heavy (non-hydrogen) atoms. The van der Waals surface area contributed by atoms with Gasteiger partial charge in [-0.05, 0) is 30.9 Å². The topological polar surface area (TPSA) is 87.6 Å². The second-order valence-corrected chi connectivity index (χ2v) is 7.67. The molecule has 1 aromatic rings. The monoisotopic (exact) mass is 337 g/mol. The molecule has 0 saturated carbocycles. The van der Waals surface area contributed by atoms with Crippen molar-refractivity contribution in [3.63, 3.8) is 0 Å². The molecule has 1 aliphatic rings. The Kier molecular flexibility index (Phi) is 5.41. The molecule has 0 spiro atoms.